The lowest BCUT2D eigenvalue weighted by Gasteiger charge is -2.18. The van der Waals surface area contributed by atoms with E-state index in [0.717, 1.165) is 0 Å². The second-order valence-electron chi connectivity index (χ2n) is 5.90. The number of carbonyl (C=O) groups excluding carboxylic acids is 1. The first-order chi connectivity index (χ1) is 11.5. The zero-order chi connectivity index (χ0) is 18.9. The van der Waals surface area contributed by atoms with E-state index in [4.69, 9.17) is 11.5 Å². The Morgan fingerprint density at radius 1 is 0.880 bits per heavy atom. The maximum absolute atomic E-state index is 12.8. The predicted molar refractivity (Wildman–Crippen MR) is 101 cm³/mol. The molecule has 0 fully saturated rings. The molecule has 2 aromatic rings. The highest BCUT2D eigenvalue weighted by Crippen LogP contribution is 2.34. The van der Waals surface area contributed by atoms with Crippen LogP contribution in [0.15, 0.2) is 29.2 Å². The Morgan fingerprint density at radius 3 is 1.76 bits per heavy atom. The minimum absolute atomic E-state index is 0.0824. The summed E-state index contributed by atoms with van der Waals surface area (Å²) in [5.74, 6) is -0.204. The van der Waals surface area contributed by atoms with Crippen LogP contribution in [0.2, 0.25) is 0 Å². The number of nitrogens with two attached hydrogens (primary N) is 2. The van der Waals surface area contributed by atoms with Crippen LogP contribution in [0.3, 0.4) is 0 Å². The highest BCUT2D eigenvalue weighted by Gasteiger charge is 2.24. The SMILES string of the molecule is CC(=O)Nc1ccc(NS(=O)(=O)c2c(C)c(N)c(C)c(N)c2C)cc1. The van der Waals surface area contributed by atoms with Crippen molar-refractivity contribution in [1.29, 1.82) is 0 Å². The molecule has 1 amide bonds. The molecule has 25 heavy (non-hydrogen) atoms. The van der Waals surface area contributed by atoms with Gasteiger partial charge in [-0.3, -0.25) is 9.52 Å². The molecule has 7 nitrogen and oxygen atoms in total. The first-order valence-electron chi connectivity index (χ1n) is 7.59. The number of anilines is 4. The summed E-state index contributed by atoms with van der Waals surface area (Å²) >= 11 is 0. The number of benzene rings is 2. The lowest BCUT2D eigenvalue weighted by atomic mass is 10.0. The Kier molecular flexibility index (Phi) is 4.94. The molecule has 2 rings (SSSR count). The highest BCUT2D eigenvalue weighted by atomic mass is 32.2. The first kappa shape index (κ1) is 18.6. The minimum Gasteiger partial charge on any atom is -0.398 e. The topological polar surface area (TPSA) is 127 Å². The van der Waals surface area contributed by atoms with Crippen molar-refractivity contribution in [3.05, 3.63) is 41.0 Å². The zero-order valence-electron chi connectivity index (χ0n) is 14.6. The van der Waals surface area contributed by atoms with Crippen molar-refractivity contribution in [2.75, 3.05) is 21.5 Å². The van der Waals surface area contributed by atoms with Crippen molar-refractivity contribution in [1.82, 2.24) is 0 Å². The largest absolute Gasteiger partial charge is 0.398 e. The summed E-state index contributed by atoms with van der Waals surface area (Å²) in [4.78, 5) is 11.1. The number of amides is 1. The summed E-state index contributed by atoms with van der Waals surface area (Å²) in [6.07, 6.45) is 0. The van der Waals surface area contributed by atoms with Gasteiger partial charge < -0.3 is 16.8 Å². The lowest BCUT2D eigenvalue weighted by molar-refractivity contribution is -0.114. The number of rotatable bonds is 4. The second kappa shape index (κ2) is 6.64. The van der Waals surface area contributed by atoms with Crippen molar-refractivity contribution >= 4 is 38.7 Å². The van der Waals surface area contributed by atoms with E-state index >= 15 is 0 Å². The predicted octanol–water partition coefficient (Wildman–Crippen LogP) is 2.54. The van der Waals surface area contributed by atoms with Crippen LogP contribution in [0.5, 0.6) is 0 Å². The quantitative estimate of drug-likeness (QED) is 0.622. The van der Waals surface area contributed by atoms with Crippen molar-refractivity contribution in [2.24, 2.45) is 0 Å². The fourth-order valence-electron chi connectivity index (χ4n) is 2.67. The average molecular weight is 362 g/mol. The number of nitrogen functional groups attached to an aromatic ring is 2. The van der Waals surface area contributed by atoms with E-state index in [1.165, 1.54) is 6.92 Å². The van der Waals surface area contributed by atoms with Crippen molar-refractivity contribution in [3.63, 3.8) is 0 Å². The monoisotopic (exact) mass is 362 g/mol. The molecule has 0 heterocycles. The zero-order valence-corrected chi connectivity index (χ0v) is 15.4. The van der Waals surface area contributed by atoms with Gasteiger partial charge in [-0.15, -0.1) is 0 Å². The van der Waals surface area contributed by atoms with Crippen LogP contribution in [-0.4, -0.2) is 14.3 Å². The normalized spacial score (nSPS) is 11.2. The third-order valence-corrected chi connectivity index (χ3v) is 5.68. The summed E-state index contributed by atoms with van der Waals surface area (Å²) in [7, 11) is -3.87. The fraction of sp³-hybridized carbons (Fsp3) is 0.235. The van der Waals surface area contributed by atoms with Gasteiger partial charge in [-0.1, -0.05) is 0 Å². The van der Waals surface area contributed by atoms with E-state index in [9.17, 15) is 13.2 Å². The molecule has 8 heteroatoms. The molecule has 6 N–H and O–H groups in total. The Labute approximate surface area is 147 Å². The van der Waals surface area contributed by atoms with E-state index in [0.29, 0.717) is 39.4 Å². The molecule has 0 saturated heterocycles. The summed E-state index contributed by atoms with van der Waals surface area (Å²) in [6.45, 7) is 6.47. The van der Waals surface area contributed by atoms with Gasteiger partial charge in [0.25, 0.3) is 10.0 Å². The van der Waals surface area contributed by atoms with Crippen LogP contribution in [0.25, 0.3) is 0 Å². The molecular weight excluding hydrogens is 340 g/mol. The van der Waals surface area contributed by atoms with Crippen molar-refractivity contribution < 1.29 is 13.2 Å². The van der Waals surface area contributed by atoms with Gasteiger partial charge in [-0.25, -0.2) is 8.42 Å². The third kappa shape index (κ3) is 3.69. The van der Waals surface area contributed by atoms with Gasteiger partial charge in [0.15, 0.2) is 0 Å². The van der Waals surface area contributed by atoms with E-state index < -0.39 is 10.0 Å². The number of carbonyl (C=O) groups is 1. The van der Waals surface area contributed by atoms with Crippen LogP contribution < -0.4 is 21.5 Å². The molecule has 2 aromatic carbocycles. The smallest absolute Gasteiger partial charge is 0.262 e. The first-order valence-corrected chi connectivity index (χ1v) is 9.08. The standard InChI is InChI=1S/C17H22N4O3S/c1-9-15(18)10(2)17(11(3)16(9)19)25(23,24)21-14-7-5-13(6-8-14)20-12(4)22/h5-8,21H,18-19H2,1-4H3,(H,20,22). The maximum atomic E-state index is 12.8. The molecule has 0 spiro atoms. The van der Waals surface area contributed by atoms with Crippen LogP contribution in [0.4, 0.5) is 22.7 Å². The summed E-state index contributed by atoms with van der Waals surface area (Å²) < 4.78 is 28.2. The Morgan fingerprint density at radius 2 is 1.32 bits per heavy atom. The van der Waals surface area contributed by atoms with Gasteiger partial charge in [0, 0.05) is 29.7 Å². The highest BCUT2D eigenvalue weighted by molar-refractivity contribution is 7.92. The third-order valence-electron chi connectivity index (χ3n) is 4.02. The Bertz CT molecular complexity index is 906. The van der Waals surface area contributed by atoms with E-state index in [2.05, 4.69) is 10.0 Å². The molecule has 0 aliphatic rings. The molecule has 0 saturated carbocycles. The average Bonchev–Trinajstić information content (AvgIpc) is 2.52. The van der Waals surface area contributed by atoms with Crippen molar-refractivity contribution in [2.45, 2.75) is 32.6 Å². The minimum atomic E-state index is -3.87. The number of sulfonamides is 1. The van der Waals surface area contributed by atoms with Gasteiger partial charge in [-0.2, -0.15) is 0 Å². The number of nitrogens with one attached hydrogen (secondary N) is 2. The summed E-state index contributed by atoms with van der Waals surface area (Å²) in [6, 6.07) is 6.34. The van der Waals surface area contributed by atoms with Crippen LogP contribution in [0.1, 0.15) is 23.6 Å². The van der Waals surface area contributed by atoms with Gasteiger partial charge in [0.1, 0.15) is 0 Å². The molecule has 0 aliphatic heterocycles. The van der Waals surface area contributed by atoms with Gasteiger partial charge in [0.05, 0.1) is 4.90 Å². The van der Waals surface area contributed by atoms with Gasteiger partial charge >= 0.3 is 0 Å². The molecule has 134 valence electrons. The van der Waals surface area contributed by atoms with E-state index in [1.54, 1.807) is 45.0 Å². The molecular formula is C17H22N4O3S. The molecule has 0 radical (unpaired) electrons. The molecule has 0 unspecified atom stereocenters. The summed E-state index contributed by atoms with van der Waals surface area (Å²) in [5, 5.41) is 2.62. The molecule has 0 aliphatic carbocycles. The van der Waals surface area contributed by atoms with Crippen LogP contribution >= 0.6 is 0 Å². The number of hydrogen-bond acceptors (Lipinski definition) is 5. The fourth-order valence-corrected chi connectivity index (χ4v) is 4.24. The molecule has 0 bridgehead atoms. The Hall–Kier alpha value is -2.74. The lowest BCUT2D eigenvalue weighted by Crippen LogP contribution is -2.18. The van der Waals surface area contributed by atoms with Crippen LogP contribution in [-0.2, 0) is 14.8 Å². The molecule has 0 atom stereocenters. The number of hydrogen-bond donors (Lipinski definition) is 4. The van der Waals surface area contributed by atoms with E-state index in [1.807, 2.05) is 0 Å². The summed E-state index contributed by atoms with van der Waals surface area (Å²) in [5.41, 5.74) is 15.3. The Balaban J connectivity index is 2.42. The maximum Gasteiger partial charge on any atom is 0.262 e. The van der Waals surface area contributed by atoms with E-state index in [-0.39, 0.29) is 10.8 Å². The second-order valence-corrected chi connectivity index (χ2v) is 7.51. The van der Waals surface area contributed by atoms with Gasteiger partial charge in [-0.05, 0) is 61.7 Å². The van der Waals surface area contributed by atoms with Crippen molar-refractivity contribution in [3.8, 4) is 0 Å². The van der Waals surface area contributed by atoms with Crippen LogP contribution in [0, 0.1) is 20.8 Å². The molecule has 0 aromatic heterocycles. The van der Waals surface area contributed by atoms with Gasteiger partial charge in [0.2, 0.25) is 5.91 Å².